The van der Waals surface area contributed by atoms with Gasteiger partial charge in [0.25, 0.3) is 0 Å². The van der Waals surface area contributed by atoms with Crippen molar-refractivity contribution in [2.75, 3.05) is 12.3 Å². The van der Waals surface area contributed by atoms with Gasteiger partial charge in [0.15, 0.2) is 5.16 Å². The van der Waals surface area contributed by atoms with E-state index in [-0.39, 0.29) is 0 Å². The number of aromatic nitrogens is 4. The molecule has 0 aliphatic heterocycles. The molecule has 0 atom stereocenters. The number of para-hydroxylation sites is 1. The smallest absolute Gasteiger partial charge is 0.166 e. The summed E-state index contributed by atoms with van der Waals surface area (Å²) in [7, 11) is 0. The molecule has 0 aliphatic rings. The predicted molar refractivity (Wildman–Crippen MR) is 101 cm³/mol. The molecule has 6 nitrogen and oxygen atoms in total. The van der Waals surface area contributed by atoms with Crippen LogP contribution in [0.25, 0.3) is 21.9 Å². The number of fused-ring (bicyclic) bond motifs is 2. The zero-order valence-electron chi connectivity index (χ0n) is 13.7. The molecular formula is C18H17N5OS. The number of hydrogen-bond donors (Lipinski definition) is 2. The minimum Gasteiger partial charge on any atom is -0.494 e. The number of nitrogens with two attached hydrogens (primary N) is 1. The molecule has 2 aromatic heterocycles. The lowest BCUT2D eigenvalue weighted by Gasteiger charge is -2.04. The van der Waals surface area contributed by atoms with Crippen molar-refractivity contribution in [2.24, 2.45) is 0 Å². The van der Waals surface area contributed by atoms with Crippen molar-refractivity contribution >= 4 is 39.5 Å². The number of imidazole rings is 1. The van der Waals surface area contributed by atoms with Gasteiger partial charge in [-0.1, -0.05) is 23.9 Å². The summed E-state index contributed by atoms with van der Waals surface area (Å²) in [5.41, 5.74) is 8.75. The molecule has 126 valence electrons. The Kier molecular flexibility index (Phi) is 4.15. The second-order valence-corrected chi connectivity index (χ2v) is 6.45. The average Bonchev–Trinajstić information content (AvgIpc) is 3.02. The number of nitrogens with zero attached hydrogens (tertiary/aromatic N) is 3. The van der Waals surface area contributed by atoms with E-state index < -0.39 is 0 Å². The van der Waals surface area contributed by atoms with Gasteiger partial charge in [0.1, 0.15) is 17.4 Å². The summed E-state index contributed by atoms with van der Waals surface area (Å²) in [6, 6.07) is 13.6. The van der Waals surface area contributed by atoms with Crippen molar-refractivity contribution in [3.05, 3.63) is 48.3 Å². The number of rotatable bonds is 5. The summed E-state index contributed by atoms with van der Waals surface area (Å²) >= 11 is 1.55. The van der Waals surface area contributed by atoms with Gasteiger partial charge in [-0.05, 0) is 31.2 Å². The molecule has 0 saturated heterocycles. The first-order chi connectivity index (χ1) is 12.2. The standard InChI is InChI=1S/C18H17N5OS/c1-2-24-11-7-8-14-15(9-11)22-18(21-14)25-10-16-20-13-6-4-3-5-12(13)17(19)23-16/h3-9H,2,10H2,1H3,(H,21,22)(H2,19,20,23). The topological polar surface area (TPSA) is 89.7 Å². The van der Waals surface area contributed by atoms with Crippen LogP contribution < -0.4 is 10.5 Å². The van der Waals surface area contributed by atoms with E-state index in [1.54, 1.807) is 11.8 Å². The number of nitrogens with one attached hydrogen (secondary N) is 1. The van der Waals surface area contributed by atoms with E-state index in [4.69, 9.17) is 10.5 Å². The van der Waals surface area contributed by atoms with Crippen molar-refractivity contribution in [1.29, 1.82) is 0 Å². The van der Waals surface area contributed by atoms with E-state index >= 15 is 0 Å². The summed E-state index contributed by atoms with van der Waals surface area (Å²) in [5.74, 6) is 2.62. The second-order valence-electron chi connectivity index (χ2n) is 5.48. The van der Waals surface area contributed by atoms with Crippen molar-refractivity contribution in [3.63, 3.8) is 0 Å². The van der Waals surface area contributed by atoms with Crippen LogP contribution in [0.15, 0.2) is 47.6 Å². The minimum atomic E-state index is 0.507. The molecule has 0 saturated carbocycles. The lowest BCUT2D eigenvalue weighted by Crippen LogP contribution is -1.99. The monoisotopic (exact) mass is 351 g/mol. The summed E-state index contributed by atoms with van der Waals surface area (Å²) in [4.78, 5) is 16.8. The molecule has 0 bridgehead atoms. The third-order valence-electron chi connectivity index (χ3n) is 3.76. The maximum atomic E-state index is 6.03. The molecule has 4 rings (SSSR count). The Morgan fingerprint density at radius 2 is 1.96 bits per heavy atom. The van der Waals surface area contributed by atoms with E-state index in [9.17, 15) is 0 Å². The van der Waals surface area contributed by atoms with Crippen LogP contribution in [0.5, 0.6) is 5.75 Å². The molecular weight excluding hydrogens is 334 g/mol. The number of benzene rings is 2. The minimum absolute atomic E-state index is 0.507. The van der Waals surface area contributed by atoms with Gasteiger partial charge in [-0.25, -0.2) is 15.0 Å². The van der Waals surface area contributed by atoms with Gasteiger partial charge < -0.3 is 15.5 Å². The SMILES string of the molecule is CCOc1ccc2nc(SCc3nc(N)c4ccccc4n3)[nH]c2c1. The fraction of sp³-hybridized carbons (Fsp3) is 0.167. The largest absolute Gasteiger partial charge is 0.494 e. The highest BCUT2D eigenvalue weighted by atomic mass is 32.2. The highest BCUT2D eigenvalue weighted by Gasteiger charge is 2.08. The summed E-state index contributed by atoms with van der Waals surface area (Å²) in [5, 5.41) is 1.70. The molecule has 0 aliphatic carbocycles. The van der Waals surface area contributed by atoms with Gasteiger partial charge in [0.2, 0.25) is 0 Å². The van der Waals surface area contributed by atoms with Gasteiger partial charge in [-0.3, -0.25) is 0 Å². The first kappa shape index (κ1) is 15.7. The van der Waals surface area contributed by atoms with Crippen LogP contribution in [0, 0.1) is 0 Å². The maximum Gasteiger partial charge on any atom is 0.166 e. The van der Waals surface area contributed by atoms with Crippen molar-refractivity contribution < 1.29 is 4.74 Å². The van der Waals surface area contributed by atoms with Gasteiger partial charge in [-0.2, -0.15) is 0 Å². The number of ether oxygens (including phenoxy) is 1. The second kappa shape index (κ2) is 6.60. The first-order valence-electron chi connectivity index (χ1n) is 7.99. The number of hydrogen-bond acceptors (Lipinski definition) is 6. The Balaban J connectivity index is 1.55. The Morgan fingerprint density at radius 1 is 1.08 bits per heavy atom. The molecule has 2 aromatic carbocycles. The molecule has 4 aromatic rings. The fourth-order valence-corrected chi connectivity index (χ4v) is 3.38. The highest BCUT2D eigenvalue weighted by Crippen LogP contribution is 2.26. The Labute approximate surface area is 148 Å². The lowest BCUT2D eigenvalue weighted by atomic mass is 10.2. The van der Waals surface area contributed by atoms with Crippen LogP contribution in [-0.2, 0) is 5.75 Å². The number of nitrogen functional groups attached to an aromatic ring is 1. The molecule has 0 fully saturated rings. The van der Waals surface area contributed by atoms with Crippen LogP contribution in [0.1, 0.15) is 12.7 Å². The predicted octanol–water partition coefficient (Wildman–Crippen LogP) is 3.78. The molecule has 0 unspecified atom stereocenters. The van der Waals surface area contributed by atoms with Crippen molar-refractivity contribution in [1.82, 2.24) is 19.9 Å². The number of anilines is 1. The van der Waals surface area contributed by atoms with Crippen molar-refractivity contribution in [2.45, 2.75) is 17.8 Å². The third kappa shape index (κ3) is 3.23. The summed E-state index contributed by atoms with van der Waals surface area (Å²) in [6.45, 7) is 2.61. The average molecular weight is 351 g/mol. The molecule has 0 spiro atoms. The van der Waals surface area contributed by atoms with E-state index in [1.165, 1.54) is 0 Å². The lowest BCUT2D eigenvalue weighted by molar-refractivity contribution is 0.340. The van der Waals surface area contributed by atoms with Gasteiger partial charge in [0, 0.05) is 11.5 Å². The Hall–Kier alpha value is -2.80. The molecule has 25 heavy (non-hydrogen) atoms. The van der Waals surface area contributed by atoms with Crippen LogP contribution in [0.2, 0.25) is 0 Å². The number of H-pyrrole nitrogens is 1. The molecule has 0 radical (unpaired) electrons. The quantitative estimate of drug-likeness (QED) is 0.532. The van der Waals surface area contributed by atoms with E-state index in [1.807, 2.05) is 49.4 Å². The van der Waals surface area contributed by atoms with Crippen LogP contribution >= 0.6 is 11.8 Å². The molecule has 7 heteroatoms. The van der Waals surface area contributed by atoms with Crippen LogP contribution in [-0.4, -0.2) is 26.5 Å². The summed E-state index contributed by atoms with van der Waals surface area (Å²) in [6.07, 6.45) is 0. The summed E-state index contributed by atoms with van der Waals surface area (Å²) < 4.78 is 5.52. The maximum absolute atomic E-state index is 6.03. The van der Waals surface area contributed by atoms with E-state index in [0.29, 0.717) is 24.0 Å². The third-order valence-corrected chi connectivity index (χ3v) is 4.63. The van der Waals surface area contributed by atoms with Gasteiger partial charge in [0.05, 0.1) is 28.9 Å². The number of thioether (sulfide) groups is 1. The van der Waals surface area contributed by atoms with E-state index in [2.05, 4.69) is 19.9 Å². The zero-order valence-corrected chi connectivity index (χ0v) is 14.5. The first-order valence-corrected chi connectivity index (χ1v) is 8.98. The van der Waals surface area contributed by atoms with Crippen LogP contribution in [0.4, 0.5) is 5.82 Å². The van der Waals surface area contributed by atoms with Crippen LogP contribution in [0.3, 0.4) is 0 Å². The van der Waals surface area contributed by atoms with Crippen molar-refractivity contribution in [3.8, 4) is 5.75 Å². The number of aromatic amines is 1. The molecule has 2 heterocycles. The highest BCUT2D eigenvalue weighted by molar-refractivity contribution is 7.98. The van der Waals surface area contributed by atoms with Gasteiger partial charge in [-0.15, -0.1) is 0 Å². The molecule has 3 N–H and O–H groups in total. The van der Waals surface area contributed by atoms with Gasteiger partial charge >= 0.3 is 0 Å². The normalized spacial score (nSPS) is 11.2. The zero-order chi connectivity index (χ0) is 17.2. The Bertz CT molecular complexity index is 1050. The fourth-order valence-electron chi connectivity index (χ4n) is 2.64. The molecule has 0 amide bonds. The Morgan fingerprint density at radius 3 is 2.84 bits per heavy atom. The van der Waals surface area contributed by atoms with E-state index in [0.717, 1.165) is 32.8 Å².